The molecular formula is C19H30IN5. The fourth-order valence-corrected chi connectivity index (χ4v) is 2.68. The average molecular weight is 455 g/mol. The topological polar surface area (TPSA) is 44.6 Å². The molecule has 25 heavy (non-hydrogen) atoms. The lowest BCUT2D eigenvalue weighted by Gasteiger charge is -2.24. The van der Waals surface area contributed by atoms with Crippen molar-refractivity contribution in [2.45, 2.75) is 20.4 Å². The number of benzene rings is 1. The van der Waals surface area contributed by atoms with E-state index in [9.17, 15) is 0 Å². The highest BCUT2D eigenvalue weighted by Gasteiger charge is 2.05. The van der Waals surface area contributed by atoms with Gasteiger partial charge < -0.3 is 20.1 Å². The third-order valence-electron chi connectivity index (χ3n) is 4.00. The molecule has 0 unspecified atom stereocenters. The molecule has 2 rings (SSSR count). The van der Waals surface area contributed by atoms with Gasteiger partial charge in [0.2, 0.25) is 0 Å². The Bertz CT molecular complexity index is 665. The number of anilines is 1. The van der Waals surface area contributed by atoms with Crippen LogP contribution >= 0.6 is 24.0 Å². The van der Waals surface area contributed by atoms with Gasteiger partial charge in [0.15, 0.2) is 5.96 Å². The molecule has 0 atom stereocenters. The summed E-state index contributed by atoms with van der Waals surface area (Å²) in [7, 11) is 3.83. The van der Waals surface area contributed by atoms with Gasteiger partial charge >= 0.3 is 0 Å². The molecular weight excluding hydrogens is 425 g/mol. The van der Waals surface area contributed by atoms with Crippen molar-refractivity contribution < 1.29 is 0 Å². The van der Waals surface area contributed by atoms with Crippen LogP contribution in [0.15, 0.2) is 47.7 Å². The fraction of sp³-hybridized carbons (Fsp3) is 0.421. The highest BCUT2D eigenvalue weighted by atomic mass is 127. The summed E-state index contributed by atoms with van der Waals surface area (Å²) >= 11 is 0. The summed E-state index contributed by atoms with van der Waals surface area (Å²) < 4.78 is 2.05. The molecule has 0 saturated heterocycles. The zero-order valence-electron chi connectivity index (χ0n) is 15.6. The van der Waals surface area contributed by atoms with Gasteiger partial charge in [0.05, 0.1) is 0 Å². The van der Waals surface area contributed by atoms with Gasteiger partial charge in [-0.3, -0.25) is 4.99 Å². The number of aromatic nitrogens is 1. The van der Waals surface area contributed by atoms with Gasteiger partial charge in [-0.1, -0.05) is 12.1 Å². The Morgan fingerprint density at radius 1 is 1.24 bits per heavy atom. The van der Waals surface area contributed by atoms with Gasteiger partial charge in [0.1, 0.15) is 0 Å². The molecule has 0 aliphatic heterocycles. The van der Waals surface area contributed by atoms with Crippen LogP contribution in [0.5, 0.6) is 0 Å². The number of nitrogens with zero attached hydrogens (tertiary/aromatic N) is 3. The van der Waals surface area contributed by atoms with Gasteiger partial charge in [-0.2, -0.15) is 0 Å². The quantitative estimate of drug-likeness (QED) is 0.383. The van der Waals surface area contributed by atoms with Crippen LogP contribution < -0.4 is 15.5 Å². The summed E-state index contributed by atoms with van der Waals surface area (Å²) in [6.45, 7) is 7.86. The average Bonchev–Trinajstić information content (AvgIpc) is 3.00. The Labute approximate surface area is 168 Å². The highest BCUT2D eigenvalue weighted by Crippen LogP contribution is 2.14. The van der Waals surface area contributed by atoms with Crippen LogP contribution in [-0.2, 0) is 13.6 Å². The number of hydrogen-bond donors (Lipinski definition) is 2. The zero-order chi connectivity index (χ0) is 17.4. The minimum atomic E-state index is 0. The highest BCUT2D eigenvalue weighted by molar-refractivity contribution is 14.0. The summed E-state index contributed by atoms with van der Waals surface area (Å²) in [4.78, 5) is 6.65. The molecule has 0 aliphatic carbocycles. The monoisotopic (exact) mass is 455 g/mol. The zero-order valence-corrected chi connectivity index (χ0v) is 18.0. The van der Waals surface area contributed by atoms with Crippen LogP contribution in [0.4, 0.5) is 5.69 Å². The Hall–Kier alpha value is -1.70. The number of hydrogen-bond acceptors (Lipinski definition) is 2. The second-order valence-corrected chi connectivity index (χ2v) is 5.96. The smallest absolute Gasteiger partial charge is 0.191 e. The van der Waals surface area contributed by atoms with Crippen molar-refractivity contribution in [3.05, 3.63) is 53.9 Å². The number of nitrogens with one attached hydrogen (secondary N) is 2. The van der Waals surface area contributed by atoms with Crippen LogP contribution in [0.2, 0.25) is 0 Å². The molecule has 2 N–H and O–H groups in total. The van der Waals surface area contributed by atoms with Gasteiger partial charge in [0, 0.05) is 58.4 Å². The maximum absolute atomic E-state index is 4.29. The molecule has 0 amide bonds. The third-order valence-corrected chi connectivity index (χ3v) is 4.00. The first-order valence-electron chi connectivity index (χ1n) is 8.49. The maximum Gasteiger partial charge on any atom is 0.191 e. The second kappa shape index (κ2) is 11.0. The molecule has 138 valence electrons. The van der Waals surface area contributed by atoms with E-state index in [1.54, 1.807) is 7.05 Å². The largest absolute Gasteiger partial charge is 0.370 e. The van der Waals surface area contributed by atoms with Crippen molar-refractivity contribution >= 4 is 35.6 Å². The number of aryl methyl sites for hydroxylation is 2. The molecule has 1 aromatic heterocycles. The third kappa shape index (κ3) is 6.97. The minimum absolute atomic E-state index is 0. The van der Waals surface area contributed by atoms with E-state index in [0.717, 1.165) is 32.1 Å². The van der Waals surface area contributed by atoms with E-state index in [1.807, 2.05) is 17.8 Å². The SMILES string of the molecule is CCN(CCNC(=NC)NCc1ccn(C)c1)c1cccc(C)c1.I. The number of guanidine groups is 1. The molecule has 5 nitrogen and oxygen atoms in total. The van der Waals surface area contributed by atoms with E-state index in [2.05, 4.69) is 70.9 Å². The molecule has 0 saturated carbocycles. The summed E-state index contributed by atoms with van der Waals surface area (Å²) in [5.74, 6) is 0.833. The van der Waals surface area contributed by atoms with Crippen LogP contribution in [0.3, 0.4) is 0 Å². The number of likely N-dealkylation sites (N-methyl/N-ethyl adjacent to an activating group) is 1. The van der Waals surface area contributed by atoms with Crippen molar-refractivity contribution in [3.63, 3.8) is 0 Å². The first-order valence-corrected chi connectivity index (χ1v) is 8.49. The van der Waals surface area contributed by atoms with Crippen LogP contribution in [0, 0.1) is 6.92 Å². The van der Waals surface area contributed by atoms with E-state index in [0.29, 0.717) is 0 Å². The maximum atomic E-state index is 4.29. The van der Waals surface area contributed by atoms with Crippen LogP contribution in [0.1, 0.15) is 18.1 Å². The van der Waals surface area contributed by atoms with Gasteiger partial charge in [-0.15, -0.1) is 24.0 Å². The lowest BCUT2D eigenvalue weighted by atomic mass is 10.2. The van der Waals surface area contributed by atoms with Gasteiger partial charge in [-0.25, -0.2) is 0 Å². The molecule has 0 fully saturated rings. The lowest BCUT2D eigenvalue weighted by Crippen LogP contribution is -2.41. The molecule has 0 bridgehead atoms. The van der Waals surface area contributed by atoms with Crippen molar-refractivity contribution in [1.82, 2.24) is 15.2 Å². The molecule has 0 radical (unpaired) electrons. The van der Waals surface area contributed by atoms with E-state index >= 15 is 0 Å². The lowest BCUT2D eigenvalue weighted by molar-refractivity contribution is 0.749. The van der Waals surface area contributed by atoms with E-state index in [4.69, 9.17) is 0 Å². The first-order chi connectivity index (χ1) is 11.6. The van der Waals surface area contributed by atoms with E-state index in [1.165, 1.54) is 16.8 Å². The van der Waals surface area contributed by atoms with E-state index < -0.39 is 0 Å². The fourth-order valence-electron chi connectivity index (χ4n) is 2.68. The van der Waals surface area contributed by atoms with E-state index in [-0.39, 0.29) is 24.0 Å². The first kappa shape index (κ1) is 21.3. The van der Waals surface area contributed by atoms with Crippen molar-refractivity contribution in [3.8, 4) is 0 Å². The Balaban J connectivity index is 0.00000312. The van der Waals surface area contributed by atoms with Crippen molar-refractivity contribution in [2.75, 3.05) is 31.6 Å². The molecule has 2 aromatic rings. The molecule has 1 aromatic carbocycles. The Morgan fingerprint density at radius 2 is 2.04 bits per heavy atom. The molecule has 0 aliphatic rings. The minimum Gasteiger partial charge on any atom is -0.370 e. The molecule has 6 heteroatoms. The van der Waals surface area contributed by atoms with Crippen molar-refractivity contribution in [1.29, 1.82) is 0 Å². The number of rotatable bonds is 7. The Kier molecular flexibility index (Phi) is 9.41. The van der Waals surface area contributed by atoms with Gasteiger partial charge in [-0.05, 0) is 43.2 Å². The summed E-state index contributed by atoms with van der Waals surface area (Å²) in [5.41, 5.74) is 3.81. The predicted octanol–water partition coefficient (Wildman–Crippen LogP) is 3.14. The number of aliphatic imine (C=N–C) groups is 1. The van der Waals surface area contributed by atoms with Crippen molar-refractivity contribution in [2.24, 2.45) is 12.0 Å². The summed E-state index contributed by atoms with van der Waals surface area (Å²) in [6.07, 6.45) is 4.16. The number of halogens is 1. The predicted molar refractivity (Wildman–Crippen MR) is 118 cm³/mol. The standard InChI is InChI=1S/C19H29N5.HI/c1-5-24(18-8-6-7-16(2)13-18)12-10-21-19(20-3)22-14-17-9-11-23(4)15-17;/h6-9,11,13,15H,5,10,12,14H2,1-4H3,(H2,20,21,22);1H. The normalized spacial score (nSPS) is 11.0. The molecule has 1 heterocycles. The summed E-state index contributed by atoms with van der Waals surface area (Å²) in [6, 6.07) is 10.7. The Morgan fingerprint density at radius 3 is 2.64 bits per heavy atom. The van der Waals surface area contributed by atoms with Crippen LogP contribution in [0.25, 0.3) is 0 Å². The van der Waals surface area contributed by atoms with Gasteiger partial charge in [0.25, 0.3) is 0 Å². The van der Waals surface area contributed by atoms with Crippen LogP contribution in [-0.4, -0.2) is 37.2 Å². The summed E-state index contributed by atoms with van der Waals surface area (Å²) in [5, 5.41) is 6.73. The second-order valence-electron chi connectivity index (χ2n) is 5.96. The molecule has 0 spiro atoms.